The van der Waals surface area contributed by atoms with Gasteiger partial charge in [0.25, 0.3) is 0 Å². The van der Waals surface area contributed by atoms with E-state index in [0.29, 0.717) is 23.2 Å². The van der Waals surface area contributed by atoms with Crippen LogP contribution in [0.3, 0.4) is 0 Å². The molecule has 0 saturated heterocycles. The first kappa shape index (κ1) is 18.9. The van der Waals surface area contributed by atoms with E-state index in [1.54, 1.807) is 30.3 Å². The number of benzene rings is 1. The van der Waals surface area contributed by atoms with Gasteiger partial charge in [0.15, 0.2) is 11.9 Å². The largest absolute Gasteiger partial charge is 0.446 e. The molecule has 2 N–H and O–H groups in total. The van der Waals surface area contributed by atoms with Crippen LogP contribution in [0.15, 0.2) is 36.5 Å². The molecule has 0 radical (unpaired) electrons. The number of hydrogen-bond acceptors (Lipinski definition) is 7. The maximum atomic E-state index is 12.1. The molecule has 3 aromatic rings. The molecule has 2 aromatic heterocycles. The molecule has 0 atom stereocenters. The van der Waals surface area contributed by atoms with E-state index in [4.69, 9.17) is 4.74 Å². The molecule has 1 fully saturated rings. The van der Waals surface area contributed by atoms with Crippen LogP contribution in [0.25, 0.3) is 16.9 Å². The summed E-state index contributed by atoms with van der Waals surface area (Å²) in [5, 5.41) is 6.73. The summed E-state index contributed by atoms with van der Waals surface area (Å²) in [7, 11) is -3.45. The maximum Gasteiger partial charge on any atom is 0.413 e. The van der Waals surface area contributed by atoms with Crippen LogP contribution in [0.2, 0.25) is 0 Å². The summed E-state index contributed by atoms with van der Waals surface area (Å²) in [5.74, 6) is 0.269. The van der Waals surface area contributed by atoms with E-state index in [1.807, 2.05) is 0 Å². The van der Waals surface area contributed by atoms with Crippen molar-refractivity contribution < 1.29 is 22.7 Å². The van der Waals surface area contributed by atoms with Crippen LogP contribution in [0.1, 0.15) is 23.2 Å². The zero-order valence-electron chi connectivity index (χ0n) is 15.3. The van der Waals surface area contributed by atoms with Gasteiger partial charge in [0.2, 0.25) is 10.0 Å². The molecule has 0 aliphatic heterocycles. The van der Waals surface area contributed by atoms with Crippen molar-refractivity contribution in [2.75, 3.05) is 16.3 Å². The Bertz CT molecular complexity index is 1220. The quantitative estimate of drug-likeness (QED) is 0.590. The number of amides is 1. The number of aldehydes is 1. The second-order valence-corrected chi connectivity index (χ2v) is 8.41. The van der Waals surface area contributed by atoms with Crippen molar-refractivity contribution in [1.29, 1.82) is 0 Å². The standard InChI is InChI=1S/C18H17N5O5S/c1-29(26,27)22-13-4-2-3-11(7-13)15-8-16(21-18(25)28-14-5-6-14)23-17(20-15)12(10-24)9-19-23/h2-4,7-10,14,22H,5-6H2,1H3,(H,21,25). The number of carbonyl (C=O) groups excluding carboxylic acids is 2. The van der Waals surface area contributed by atoms with Gasteiger partial charge in [0, 0.05) is 17.3 Å². The second kappa shape index (κ2) is 7.17. The molecular formula is C18H17N5O5S. The van der Waals surface area contributed by atoms with Crippen LogP contribution in [-0.2, 0) is 14.8 Å². The van der Waals surface area contributed by atoms with E-state index in [9.17, 15) is 18.0 Å². The van der Waals surface area contributed by atoms with Crippen molar-refractivity contribution in [2.45, 2.75) is 18.9 Å². The third-order valence-electron chi connectivity index (χ3n) is 4.12. The normalized spacial score (nSPS) is 13.8. The molecule has 1 aliphatic carbocycles. The number of hydrogen-bond donors (Lipinski definition) is 2. The summed E-state index contributed by atoms with van der Waals surface area (Å²) >= 11 is 0. The minimum absolute atomic E-state index is 0.0753. The summed E-state index contributed by atoms with van der Waals surface area (Å²) in [6, 6.07) is 8.17. The topological polar surface area (TPSA) is 132 Å². The smallest absolute Gasteiger partial charge is 0.413 e. The van der Waals surface area contributed by atoms with E-state index < -0.39 is 16.1 Å². The van der Waals surface area contributed by atoms with E-state index >= 15 is 0 Å². The number of carbonyl (C=O) groups is 2. The van der Waals surface area contributed by atoms with Crippen LogP contribution in [0, 0.1) is 0 Å². The van der Waals surface area contributed by atoms with Crippen molar-refractivity contribution in [1.82, 2.24) is 14.6 Å². The van der Waals surface area contributed by atoms with Gasteiger partial charge < -0.3 is 4.74 Å². The average Bonchev–Trinajstić information content (AvgIpc) is 3.36. The lowest BCUT2D eigenvalue weighted by Crippen LogP contribution is -2.17. The number of ether oxygens (including phenoxy) is 1. The second-order valence-electron chi connectivity index (χ2n) is 6.66. The molecule has 150 valence electrons. The molecule has 4 rings (SSSR count). The minimum atomic E-state index is -3.45. The van der Waals surface area contributed by atoms with E-state index in [1.165, 1.54) is 10.7 Å². The number of aromatic nitrogens is 3. The van der Waals surface area contributed by atoms with Crippen LogP contribution in [-0.4, -0.2) is 47.8 Å². The monoisotopic (exact) mass is 415 g/mol. The first-order chi connectivity index (χ1) is 13.8. The molecule has 2 heterocycles. The number of rotatable bonds is 6. The van der Waals surface area contributed by atoms with E-state index in [-0.39, 0.29) is 23.1 Å². The first-order valence-electron chi connectivity index (χ1n) is 8.72. The van der Waals surface area contributed by atoms with E-state index in [2.05, 4.69) is 20.1 Å². The van der Waals surface area contributed by atoms with Gasteiger partial charge in [0.05, 0.1) is 23.7 Å². The molecule has 1 aromatic carbocycles. The molecule has 1 aliphatic rings. The Hall–Kier alpha value is -3.47. The van der Waals surface area contributed by atoms with Crippen molar-refractivity contribution >= 4 is 39.6 Å². The number of nitrogens with zero attached hydrogens (tertiary/aromatic N) is 3. The highest BCUT2D eigenvalue weighted by Crippen LogP contribution is 2.27. The van der Waals surface area contributed by atoms with Crippen LogP contribution >= 0.6 is 0 Å². The fourth-order valence-electron chi connectivity index (χ4n) is 2.73. The summed E-state index contributed by atoms with van der Waals surface area (Å²) in [6.07, 6.45) is 3.99. The predicted octanol–water partition coefficient (Wildman–Crippen LogP) is 2.29. The lowest BCUT2D eigenvalue weighted by molar-refractivity contribution is 0.112. The van der Waals surface area contributed by atoms with Crippen molar-refractivity contribution in [2.24, 2.45) is 0 Å². The highest BCUT2D eigenvalue weighted by atomic mass is 32.2. The lowest BCUT2D eigenvalue weighted by atomic mass is 10.1. The molecule has 0 bridgehead atoms. The predicted molar refractivity (Wildman–Crippen MR) is 105 cm³/mol. The molecule has 1 amide bonds. The van der Waals surface area contributed by atoms with Crippen molar-refractivity contribution in [3.05, 3.63) is 42.1 Å². The lowest BCUT2D eigenvalue weighted by Gasteiger charge is -2.11. The number of fused-ring (bicyclic) bond motifs is 1. The number of sulfonamides is 1. The zero-order chi connectivity index (χ0) is 20.6. The van der Waals surface area contributed by atoms with E-state index in [0.717, 1.165) is 19.1 Å². The van der Waals surface area contributed by atoms with Crippen molar-refractivity contribution in [3.8, 4) is 11.3 Å². The van der Waals surface area contributed by atoms with Gasteiger partial charge >= 0.3 is 6.09 Å². The fraction of sp³-hybridized carbons (Fsp3) is 0.222. The van der Waals surface area contributed by atoms with Gasteiger partial charge in [-0.3, -0.25) is 14.8 Å². The molecule has 0 unspecified atom stereocenters. The SMILES string of the molecule is CS(=O)(=O)Nc1cccc(-c2cc(NC(=O)OC3CC3)n3ncc(C=O)c3n2)c1. The third-order valence-corrected chi connectivity index (χ3v) is 4.72. The molecule has 0 spiro atoms. The maximum absolute atomic E-state index is 12.1. The van der Waals surface area contributed by atoms with Crippen molar-refractivity contribution in [3.63, 3.8) is 0 Å². The third kappa shape index (κ3) is 4.35. The molecule has 10 nitrogen and oxygen atoms in total. The summed E-state index contributed by atoms with van der Waals surface area (Å²) in [6.45, 7) is 0. The Morgan fingerprint density at radius 2 is 2.10 bits per heavy atom. The van der Waals surface area contributed by atoms with Gasteiger partial charge in [-0.1, -0.05) is 12.1 Å². The van der Waals surface area contributed by atoms with Gasteiger partial charge in [0.1, 0.15) is 11.9 Å². The highest BCUT2D eigenvalue weighted by Gasteiger charge is 2.26. The number of anilines is 2. The summed E-state index contributed by atoms with van der Waals surface area (Å²) < 4.78 is 31.9. The Morgan fingerprint density at radius 1 is 1.31 bits per heavy atom. The van der Waals surface area contributed by atoms with Crippen LogP contribution < -0.4 is 10.0 Å². The molecule has 11 heteroatoms. The van der Waals surface area contributed by atoms with Gasteiger partial charge in [-0.15, -0.1) is 0 Å². The minimum Gasteiger partial charge on any atom is -0.446 e. The highest BCUT2D eigenvalue weighted by molar-refractivity contribution is 7.92. The zero-order valence-corrected chi connectivity index (χ0v) is 16.1. The summed E-state index contributed by atoms with van der Waals surface area (Å²) in [5.41, 5.74) is 1.85. The molecule has 29 heavy (non-hydrogen) atoms. The molecule has 1 saturated carbocycles. The van der Waals surface area contributed by atoms with Gasteiger partial charge in [-0.05, 0) is 25.0 Å². The number of nitrogens with one attached hydrogen (secondary N) is 2. The van der Waals surface area contributed by atoms with Crippen LogP contribution in [0.4, 0.5) is 16.3 Å². The Labute approximate surface area is 165 Å². The first-order valence-corrected chi connectivity index (χ1v) is 10.6. The van der Waals surface area contributed by atoms with Gasteiger partial charge in [-0.25, -0.2) is 18.2 Å². The Kier molecular flexibility index (Phi) is 4.66. The van der Waals surface area contributed by atoms with Gasteiger partial charge in [-0.2, -0.15) is 9.61 Å². The average molecular weight is 415 g/mol. The van der Waals surface area contributed by atoms with Crippen LogP contribution in [0.5, 0.6) is 0 Å². The molecular weight excluding hydrogens is 398 g/mol. The summed E-state index contributed by atoms with van der Waals surface area (Å²) in [4.78, 5) is 27.9. The Morgan fingerprint density at radius 3 is 2.79 bits per heavy atom. The Balaban J connectivity index is 1.76. The fourth-order valence-corrected chi connectivity index (χ4v) is 3.28.